The molecule has 0 aliphatic rings. The molecule has 0 aliphatic heterocycles. The van der Waals surface area contributed by atoms with Gasteiger partial charge in [-0.25, -0.2) is 0 Å². The van der Waals surface area contributed by atoms with Crippen LogP contribution in [0, 0.1) is 0 Å². The molecule has 0 aliphatic carbocycles. The van der Waals surface area contributed by atoms with E-state index < -0.39 is 3.66 Å². The molecule has 0 rings (SSSR count). The van der Waals surface area contributed by atoms with Gasteiger partial charge in [0.2, 0.25) is 0 Å². The minimum absolute atomic E-state index is 1.03. The third-order valence-electron chi connectivity index (χ3n) is 0.781. The SMILES string of the molecule is CCCC[P+](Cl)(Cl)[TeH]. The maximum atomic E-state index is 5.81. The molecule has 0 saturated carbocycles. The number of unbranched alkanes of at least 4 members (excludes halogenated alkanes) is 1. The summed E-state index contributed by atoms with van der Waals surface area (Å²) >= 11 is 13.2. The van der Waals surface area contributed by atoms with Gasteiger partial charge in [0.05, 0.1) is 0 Å². The molecule has 0 fully saturated rings. The molecular weight excluding hydrogens is 278 g/mol. The molecule has 0 bridgehead atoms. The van der Waals surface area contributed by atoms with Crippen molar-refractivity contribution in [3.8, 4) is 0 Å². The van der Waals surface area contributed by atoms with Gasteiger partial charge < -0.3 is 0 Å². The molecule has 8 heavy (non-hydrogen) atoms. The van der Waals surface area contributed by atoms with Gasteiger partial charge in [-0.05, 0) is 0 Å². The minimum atomic E-state index is -1.44. The van der Waals surface area contributed by atoms with E-state index in [-0.39, 0.29) is 0 Å². The first kappa shape index (κ1) is 9.80. The maximum absolute atomic E-state index is 5.81. The van der Waals surface area contributed by atoms with Crippen molar-refractivity contribution in [2.24, 2.45) is 0 Å². The Balaban J connectivity index is 3.11. The molecule has 50 valence electrons. The van der Waals surface area contributed by atoms with Gasteiger partial charge in [0.25, 0.3) is 0 Å². The van der Waals surface area contributed by atoms with E-state index in [2.05, 4.69) is 6.92 Å². The van der Waals surface area contributed by atoms with Crippen LogP contribution >= 0.6 is 26.1 Å². The Morgan fingerprint density at radius 1 is 1.50 bits per heavy atom. The van der Waals surface area contributed by atoms with E-state index in [4.69, 9.17) is 22.5 Å². The fourth-order valence-electron chi connectivity index (χ4n) is 0.348. The van der Waals surface area contributed by atoms with Gasteiger partial charge in [0.1, 0.15) is 0 Å². The number of halogens is 2. The molecule has 0 aromatic rings. The predicted octanol–water partition coefficient (Wildman–Crippen LogP) is 2.93. The Labute approximate surface area is 73.5 Å². The van der Waals surface area contributed by atoms with Crippen molar-refractivity contribution in [3.05, 3.63) is 0 Å². The van der Waals surface area contributed by atoms with Gasteiger partial charge in [-0.15, -0.1) is 0 Å². The van der Waals surface area contributed by atoms with Gasteiger partial charge >= 0.3 is 73.8 Å². The van der Waals surface area contributed by atoms with E-state index in [9.17, 15) is 0 Å². The van der Waals surface area contributed by atoms with E-state index in [1.165, 1.54) is 12.8 Å². The van der Waals surface area contributed by atoms with Crippen LogP contribution in [0.15, 0.2) is 0 Å². The summed E-state index contributed by atoms with van der Waals surface area (Å²) in [4.78, 5) is 0. The van der Waals surface area contributed by atoms with E-state index >= 15 is 0 Å². The quantitative estimate of drug-likeness (QED) is 0.553. The van der Waals surface area contributed by atoms with Crippen molar-refractivity contribution >= 4 is 47.9 Å². The summed E-state index contributed by atoms with van der Waals surface area (Å²) in [5.74, 6) is 0. The fourth-order valence-corrected chi connectivity index (χ4v) is 2.97. The van der Waals surface area contributed by atoms with E-state index in [1.807, 2.05) is 0 Å². The summed E-state index contributed by atoms with van der Waals surface area (Å²) in [5.41, 5.74) is 0. The average Bonchev–Trinajstić information content (AvgIpc) is 1.59. The van der Waals surface area contributed by atoms with Crippen molar-refractivity contribution < 1.29 is 0 Å². The van der Waals surface area contributed by atoms with Crippen LogP contribution in [0.1, 0.15) is 19.8 Å². The molecule has 0 heterocycles. The molecule has 0 N–H and O–H groups in total. The Morgan fingerprint density at radius 3 is 2.12 bits per heavy atom. The van der Waals surface area contributed by atoms with Gasteiger partial charge in [0, 0.05) is 0 Å². The van der Waals surface area contributed by atoms with E-state index in [1.54, 1.807) is 21.7 Å². The average molecular weight is 288 g/mol. The van der Waals surface area contributed by atoms with E-state index in [0.717, 1.165) is 6.16 Å². The summed E-state index contributed by atoms with van der Waals surface area (Å²) in [5, 5.41) is 0. The Kier molecular flexibility index (Phi) is 5.62. The summed E-state index contributed by atoms with van der Waals surface area (Å²) in [6, 6.07) is 0. The topological polar surface area (TPSA) is 0 Å². The summed E-state index contributed by atoms with van der Waals surface area (Å²) in [7, 11) is 0. The van der Waals surface area contributed by atoms with Crippen LogP contribution in [0.3, 0.4) is 0 Å². The summed E-state index contributed by atoms with van der Waals surface area (Å²) in [6.45, 7) is 2.15. The first-order valence-corrected chi connectivity index (χ1v) is 9.72. The molecule has 0 nitrogen and oxygen atoms in total. The van der Waals surface area contributed by atoms with Gasteiger partial charge in [-0.1, -0.05) is 0 Å². The molecule has 4 heteroatoms. The monoisotopic (exact) mass is 289 g/mol. The molecule has 0 atom stereocenters. The normalized spacial score (nSPS) is 12.0. The molecule has 0 aromatic heterocycles. The van der Waals surface area contributed by atoms with E-state index in [0.29, 0.717) is 0 Å². The zero-order valence-electron chi connectivity index (χ0n) is 4.77. The zero-order chi connectivity index (χ0) is 6.62. The van der Waals surface area contributed by atoms with Crippen LogP contribution < -0.4 is 0 Å². The molecule has 0 aromatic carbocycles. The van der Waals surface area contributed by atoms with Crippen LogP contribution in [0.4, 0.5) is 0 Å². The first-order valence-electron chi connectivity index (χ1n) is 2.56. The zero-order valence-corrected chi connectivity index (χ0v) is 9.73. The standard InChI is InChI=1S/C4H10Cl2PTe/c1-2-3-4-7(5,6)8/h8H,2-4H2,1H3/q+1. The third kappa shape index (κ3) is 7.80. The van der Waals surface area contributed by atoms with Gasteiger partial charge in [-0.3, -0.25) is 0 Å². The van der Waals surface area contributed by atoms with Gasteiger partial charge in [-0.2, -0.15) is 0 Å². The van der Waals surface area contributed by atoms with Crippen molar-refractivity contribution in [3.63, 3.8) is 0 Å². The van der Waals surface area contributed by atoms with Crippen molar-refractivity contribution in [2.75, 3.05) is 6.16 Å². The van der Waals surface area contributed by atoms with Crippen LogP contribution in [0.25, 0.3) is 0 Å². The molecule has 0 radical (unpaired) electrons. The molecule has 0 saturated heterocycles. The third-order valence-corrected chi connectivity index (χ3v) is 4.36. The number of hydrogen-bond acceptors (Lipinski definition) is 0. The molecule has 0 unspecified atom stereocenters. The van der Waals surface area contributed by atoms with Crippen LogP contribution in [-0.4, -0.2) is 27.9 Å². The van der Waals surface area contributed by atoms with Crippen molar-refractivity contribution in [1.29, 1.82) is 0 Å². The first-order chi connectivity index (χ1) is 3.56. The van der Waals surface area contributed by atoms with Crippen LogP contribution in [-0.2, 0) is 0 Å². The second-order valence-electron chi connectivity index (χ2n) is 1.67. The van der Waals surface area contributed by atoms with Crippen molar-refractivity contribution in [2.45, 2.75) is 19.8 Å². The van der Waals surface area contributed by atoms with Gasteiger partial charge in [0.15, 0.2) is 0 Å². The van der Waals surface area contributed by atoms with Crippen molar-refractivity contribution in [1.82, 2.24) is 0 Å². The Hall–Kier alpha value is 1.80. The van der Waals surface area contributed by atoms with Crippen LogP contribution in [0.2, 0.25) is 0 Å². The predicted molar refractivity (Wildman–Crippen MR) is 45.6 cm³/mol. The second-order valence-corrected chi connectivity index (χ2v) is 17.4. The number of rotatable bonds is 3. The summed E-state index contributed by atoms with van der Waals surface area (Å²) < 4.78 is -1.44. The van der Waals surface area contributed by atoms with Crippen LogP contribution in [0.5, 0.6) is 0 Å². The molecular formula is C4H10Cl2PTe+. The second kappa shape index (κ2) is 4.59. The number of hydrogen-bond donors (Lipinski definition) is 0. The Bertz CT molecular complexity index is 61.5. The fraction of sp³-hybridized carbons (Fsp3) is 1.00. The summed E-state index contributed by atoms with van der Waals surface area (Å²) in [6.07, 6.45) is 3.40. The Morgan fingerprint density at radius 2 is 2.00 bits per heavy atom. The molecule has 0 amide bonds. The molecule has 0 spiro atoms.